The van der Waals surface area contributed by atoms with Crippen LogP contribution >= 0.6 is 23.4 Å². The summed E-state index contributed by atoms with van der Waals surface area (Å²) in [4.78, 5) is 13.9. The fraction of sp³-hybridized carbons (Fsp3) is 0.438. The lowest BCUT2D eigenvalue weighted by atomic mass is 10.3. The van der Waals surface area contributed by atoms with Crippen molar-refractivity contribution in [1.29, 1.82) is 0 Å². The van der Waals surface area contributed by atoms with Gasteiger partial charge in [-0.05, 0) is 25.0 Å². The number of Topliss-reactive ketones (excluding diaryl/α,β-unsaturated/α-hetero) is 1. The third-order valence-electron chi connectivity index (χ3n) is 3.86. The molecule has 0 aliphatic carbocycles. The van der Waals surface area contributed by atoms with E-state index >= 15 is 0 Å². The highest BCUT2D eigenvalue weighted by molar-refractivity contribution is 7.99. The number of rotatable bonds is 6. The van der Waals surface area contributed by atoms with E-state index < -0.39 is 0 Å². The highest BCUT2D eigenvalue weighted by atomic mass is 35.5. The summed E-state index contributed by atoms with van der Waals surface area (Å²) in [6.45, 7) is 3.82. The van der Waals surface area contributed by atoms with E-state index in [1.807, 2.05) is 35.8 Å². The highest BCUT2D eigenvalue weighted by Gasteiger charge is 2.23. The second kappa shape index (κ2) is 7.36. The van der Waals surface area contributed by atoms with Crippen molar-refractivity contribution in [2.75, 3.05) is 23.7 Å². The van der Waals surface area contributed by atoms with Gasteiger partial charge in [0.2, 0.25) is 5.95 Å². The average molecular weight is 351 g/mol. The van der Waals surface area contributed by atoms with E-state index in [0.717, 1.165) is 37.6 Å². The molecule has 1 fully saturated rings. The second-order valence-corrected chi connectivity index (χ2v) is 6.79. The monoisotopic (exact) mass is 350 g/mol. The van der Waals surface area contributed by atoms with Crippen LogP contribution in [0.15, 0.2) is 29.4 Å². The molecule has 0 unspecified atom stereocenters. The molecule has 3 rings (SSSR count). The van der Waals surface area contributed by atoms with Crippen LogP contribution in [0.5, 0.6) is 0 Å². The molecule has 1 saturated heterocycles. The zero-order chi connectivity index (χ0) is 16.2. The van der Waals surface area contributed by atoms with E-state index in [-0.39, 0.29) is 5.78 Å². The molecule has 1 aromatic heterocycles. The number of thioether (sulfide) groups is 1. The van der Waals surface area contributed by atoms with Crippen LogP contribution in [0.2, 0.25) is 5.02 Å². The van der Waals surface area contributed by atoms with E-state index in [1.165, 1.54) is 11.8 Å². The molecule has 1 aliphatic rings. The highest BCUT2D eigenvalue weighted by Crippen LogP contribution is 2.31. The average Bonchev–Trinajstić information content (AvgIpc) is 3.22. The standard InChI is InChI=1S/C16H19ClN4OS/c1-2-12(22)11-23-16-19-18-15(20-9-5-6-10-20)21(16)14-8-4-3-7-13(14)17/h3-4,7-8H,2,5-6,9-11H2,1H3. The molecule has 2 heterocycles. The summed E-state index contributed by atoms with van der Waals surface area (Å²) >= 11 is 7.80. The van der Waals surface area contributed by atoms with Crippen LogP contribution in [0.3, 0.4) is 0 Å². The Morgan fingerprint density at radius 1 is 1.26 bits per heavy atom. The molecule has 7 heteroatoms. The molecule has 0 radical (unpaired) electrons. The molecule has 0 bridgehead atoms. The number of para-hydroxylation sites is 1. The van der Waals surface area contributed by atoms with Gasteiger partial charge in [0.15, 0.2) is 5.16 Å². The smallest absolute Gasteiger partial charge is 0.232 e. The Labute approximate surface area is 145 Å². The molecule has 0 saturated carbocycles. The molecule has 2 aromatic rings. The Hall–Kier alpha value is -1.53. The van der Waals surface area contributed by atoms with Gasteiger partial charge in [0, 0.05) is 19.5 Å². The number of aromatic nitrogens is 3. The molecule has 1 aromatic carbocycles. The van der Waals surface area contributed by atoms with E-state index in [9.17, 15) is 4.79 Å². The van der Waals surface area contributed by atoms with E-state index in [2.05, 4.69) is 15.1 Å². The van der Waals surface area contributed by atoms with Gasteiger partial charge >= 0.3 is 0 Å². The van der Waals surface area contributed by atoms with Crippen molar-refractivity contribution < 1.29 is 4.79 Å². The first-order valence-corrected chi connectivity index (χ1v) is 9.17. The maximum absolute atomic E-state index is 11.6. The molecule has 0 spiro atoms. The number of anilines is 1. The minimum Gasteiger partial charge on any atom is -0.341 e. The van der Waals surface area contributed by atoms with Crippen molar-refractivity contribution in [2.45, 2.75) is 31.3 Å². The van der Waals surface area contributed by atoms with Crippen molar-refractivity contribution in [2.24, 2.45) is 0 Å². The Morgan fingerprint density at radius 3 is 2.70 bits per heavy atom. The van der Waals surface area contributed by atoms with Crippen LogP contribution in [0.4, 0.5) is 5.95 Å². The summed E-state index contributed by atoms with van der Waals surface area (Å²) in [7, 11) is 0. The van der Waals surface area contributed by atoms with Crippen LogP contribution in [0.1, 0.15) is 26.2 Å². The third kappa shape index (κ3) is 3.53. The maximum atomic E-state index is 11.6. The van der Waals surface area contributed by atoms with Crippen molar-refractivity contribution >= 4 is 35.1 Å². The van der Waals surface area contributed by atoms with Gasteiger partial charge in [-0.15, -0.1) is 10.2 Å². The number of carbonyl (C=O) groups is 1. The third-order valence-corrected chi connectivity index (χ3v) is 5.16. The van der Waals surface area contributed by atoms with Gasteiger partial charge in [0.25, 0.3) is 0 Å². The van der Waals surface area contributed by atoms with Gasteiger partial charge < -0.3 is 4.90 Å². The van der Waals surface area contributed by atoms with Gasteiger partial charge in [-0.25, -0.2) is 0 Å². The van der Waals surface area contributed by atoms with Gasteiger partial charge in [-0.2, -0.15) is 0 Å². The van der Waals surface area contributed by atoms with Crippen molar-refractivity contribution in [3.05, 3.63) is 29.3 Å². The Kier molecular flexibility index (Phi) is 5.23. The maximum Gasteiger partial charge on any atom is 0.232 e. The molecular formula is C16H19ClN4OS. The number of ketones is 1. The van der Waals surface area contributed by atoms with Crippen LogP contribution in [-0.4, -0.2) is 39.4 Å². The van der Waals surface area contributed by atoms with Gasteiger partial charge in [-0.1, -0.05) is 42.4 Å². The Bertz CT molecular complexity index is 697. The lowest BCUT2D eigenvalue weighted by Gasteiger charge is -2.19. The molecule has 0 amide bonds. The zero-order valence-corrected chi connectivity index (χ0v) is 14.6. The summed E-state index contributed by atoms with van der Waals surface area (Å²) < 4.78 is 1.97. The largest absolute Gasteiger partial charge is 0.341 e. The topological polar surface area (TPSA) is 51.0 Å². The van der Waals surface area contributed by atoms with Crippen LogP contribution in [-0.2, 0) is 4.79 Å². The number of halogens is 1. The van der Waals surface area contributed by atoms with E-state index in [4.69, 9.17) is 11.6 Å². The predicted molar refractivity (Wildman–Crippen MR) is 93.8 cm³/mol. The van der Waals surface area contributed by atoms with E-state index in [1.54, 1.807) is 0 Å². The summed E-state index contributed by atoms with van der Waals surface area (Å²) in [5, 5.41) is 10.0. The summed E-state index contributed by atoms with van der Waals surface area (Å²) in [5.41, 5.74) is 0.854. The summed E-state index contributed by atoms with van der Waals surface area (Å²) in [5.74, 6) is 1.41. The minimum atomic E-state index is 0.200. The zero-order valence-electron chi connectivity index (χ0n) is 13.0. The number of nitrogens with zero attached hydrogens (tertiary/aromatic N) is 4. The predicted octanol–water partition coefficient (Wildman–Crippen LogP) is 3.59. The Morgan fingerprint density at radius 2 is 2.00 bits per heavy atom. The van der Waals surface area contributed by atoms with Crippen molar-refractivity contribution in [3.63, 3.8) is 0 Å². The lowest BCUT2D eigenvalue weighted by molar-refractivity contribution is -0.116. The first-order chi connectivity index (χ1) is 11.2. The number of hydrogen-bond donors (Lipinski definition) is 0. The minimum absolute atomic E-state index is 0.200. The van der Waals surface area contributed by atoms with Crippen molar-refractivity contribution in [3.8, 4) is 5.69 Å². The number of benzene rings is 1. The molecule has 1 aliphatic heterocycles. The lowest BCUT2D eigenvalue weighted by Crippen LogP contribution is -2.22. The molecule has 5 nitrogen and oxygen atoms in total. The summed E-state index contributed by atoms with van der Waals surface area (Å²) in [6, 6.07) is 7.66. The fourth-order valence-corrected chi connectivity index (χ4v) is 3.69. The first-order valence-electron chi connectivity index (χ1n) is 7.80. The number of carbonyl (C=O) groups excluding carboxylic acids is 1. The van der Waals surface area contributed by atoms with Crippen LogP contribution < -0.4 is 4.90 Å². The van der Waals surface area contributed by atoms with Gasteiger partial charge in [-0.3, -0.25) is 9.36 Å². The number of hydrogen-bond acceptors (Lipinski definition) is 5. The fourth-order valence-electron chi connectivity index (χ4n) is 2.57. The quantitative estimate of drug-likeness (QED) is 0.745. The molecule has 23 heavy (non-hydrogen) atoms. The van der Waals surface area contributed by atoms with Gasteiger partial charge in [0.1, 0.15) is 5.78 Å². The molecule has 122 valence electrons. The van der Waals surface area contributed by atoms with Crippen LogP contribution in [0, 0.1) is 0 Å². The van der Waals surface area contributed by atoms with E-state index in [0.29, 0.717) is 22.4 Å². The van der Waals surface area contributed by atoms with Crippen molar-refractivity contribution in [1.82, 2.24) is 14.8 Å². The molecular weight excluding hydrogens is 332 g/mol. The Balaban J connectivity index is 1.99. The second-order valence-electron chi connectivity index (χ2n) is 5.44. The van der Waals surface area contributed by atoms with Gasteiger partial charge in [0.05, 0.1) is 16.5 Å². The normalized spacial score (nSPS) is 14.4. The first kappa shape index (κ1) is 16.3. The SMILES string of the molecule is CCC(=O)CSc1nnc(N2CCCC2)n1-c1ccccc1Cl. The summed E-state index contributed by atoms with van der Waals surface area (Å²) in [6.07, 6.45) is 2.85. The van der Waals surface area contributed by atoms with Crippen LogP contribution in [0.25, 0.3) is 5.69 Å². The molecule has 0 N–H and O–H groups in total. The molecule has 0 atom stereocenters.